The van der Waals surface area contributed by atoms with Crippen LogP contribution in [0, 0.1) is 16.7 Å². The minimum Gasteiger partial charge on any atom is -0.331 e. The number of benzene rings is 1. The van der Waals surface area contributed by atoms with Crippen molar-refractivity contribution in [3.63, 3.8) is 0 Å². The van der Waals surface area contributed by atoms with E-state index in [0.717, 1.165) is 16.9 Å². The lowest BCUT2D eigenvalue weighted by molar-refractivity contribution is 0.600. The van der Waals surface area contributed by atoms with E-state index in [1.165, 1.54) is 6.42 Å². The van der Waals surface area contributed by atoms with Crippen molar-refractivity contribution in [3.8, 4) is 6.07 Å². The van der Waals surface area contributed by atoms with Crippen LogP contribution < -0.4 is 0 Å². The predicted molar refractivity (Wildman–Crippen MR) is 66.6 cm³/mol. The molecule has 0 spiro atoms. The highest BCUT2D eigenvalue weighted by atomic mass is 15.1. The van der Waals surface area contributed by atoms with E-state index in [-0.39, 0.29) is 0 Å². The van der Waals surface area contributed by atoms with Crippen LogP contribution in [0.1, 0.15) is 37.6 Å². The van der Waals surface area contributed by atoms with E-state index in [9.17, 15) is 0 Å². The average molecular weight is 225 g/mol. The highest BCUT2D eigenvalue weighted by molar-refractivity contribution is 5.82. The van der Waals surface area contributed by atoms with Crippen LogP contribution in [0.2, 0.25) is 0 Å². The number of aryl methyl sites for hydroxylation is 1. The van der Waals surface area contributed by atoms with Crippen LogP contribution in [0.15, 0.2) is 18.2 Å². The molecular weight excluding hydrogens is 210 g/mol. The largest absolute Gasteiger partial charge is 0.331 e. The second-order valence-corrected chi connectivity index (χ2v) is 5.56. The first kappa shape index (κ1) is 10.3. The summed E-state index contributed by atoms with van der Waals surface area (Å²) in [7, 11) is 2.04. The third-order valence-electron chi connectivity index (χ3n) is 3.89. The standard InChI is InChI=1S/C14H15N3/c1-14(2)7-10(14)13-16-12-9(8-15)5-4-6-11(12)17(13)3/h4-6,10H,7H2,1-3H3. The molecule has 1 saturated carbocycles. The van der Waals surface area contributed by atoms with Crippen LogP contribution in [0.3, 0.4) is 0 Å². The quantitative estimate of drug-likeness (QED) is 0.748. The Hall–Kier alpha value is -1.82. The lowest BCUT2D eigenvalue weighted by atomic mass is 10.1. The van der Waals surface area contributed by atoms with Gasteiger partial charge in [0.25, 0.3) is 0 Å². The van der Waals surface area contributed by atoms with E-state index < -0.39 is 0 Å². The predicted octanol–water partition coefficient (Wildman–Crippen LogP) is 2.96. The Morgan fingerprint density at radius 2 is 2.18 bits per heavy atom. The van der Waals surface area contributed by atoms with Crippen molar-refractivity contribution in [1.82, 2.24) is 9.55 Å². The fourth-order valence-corrected chi connectivity index (χ4v) is 2.54. The third-order valence-corrected chi connectivity index (χ3v) is 3.89. The summed E-state index contributed by atoms with van der Waals surface area (Å²) in [5.41, 5.74) is 2.93. The Labute approximate surface area is 101 Å². The summed E-state index contributed by atoms with van der Waals surface area (Å²) >= 11 is 0. The van der Waals surface area contributed by atoms with Crippen LogP contribution in [0.5, 0.6) is 0 Å². The van der Waals surface area contributed by atoms with E-state index >= 15 is 0 Å². The zero-order valence-electron chi connectivity index (χ0n) is 10.4. The molecule has 1 heterocycles. The van der Waals surface area contributed by atoms with Gasteiger partial charge in [-0.3, -0.25) is 0 Å². The second kappa shape index (κ2) is 3.10. The van der Waals surface area contributed by atoms with Crippen molar-refractivity contribution in [2.75, 3.05) is 0 Å². The van der Waals surface area contributed by atoms with Crippen molar-refractivity contribution < 1.29 is 0 Å². The number of rotatable bonds is 1. The summed E-state index contributed by atoms with van der Waals surface area (Å²) < 4.78 is 2.13. The zero-order valence-corrected chi connectivity index (χ0v) is 10.4. The number of fused-ring (bicyclic) bond motifs is 1. The molecule has 3 heteroatoms. The molecule has 1 aliphatic carbocycles. The number of aromatic nitrogens is 2. The first-order chi connectivity index (χ1) is 8.04. The Balaban J connectivity index is 2.23. The van der Waals surface area contributed by atoms with Crippen LogP contribution in [-0.2, 0) is 7.05 Å². The summed E-state index contributed by atoms with van der Waals surface area (Å²) in [5.74, 6) is 1.65. The van der Waals surface area contributed by atoms with Crippen LogP contribution in [0.4, 0.5) is 0 Å². The van der Waals surface area contributed by atoms with E-state index in [4.69, 9.17) is 5.26 Å². The van der Waals surface area contributed by atoms with Crippen molar-refractivity contribution >= 4 is 11.0 Å². The van der Waals surface area contributed by atoms with Crippen LogP contribution >= 0.6 is 0 Å². The fourth-order valence-electron chi connectivity index (χ4n) is 2.54. The fraction of sp³-hybridized carbons (Fsp3) is 0.429. The Morgan fingerprint density at radius 3 is 2.76 bits per heavy atom. The highest BCUT2D eigenvalue weighted by Gasteiger charge is 2.49. The minimum atomic E-state index is 0.363. The molecule has 0 amide bonds. The average Bonchev–Trinajstić information content (AvgIpc) is 2.79. The monoisotopic (exact) mass is 225 g/mol. The molecule has 86 valence electrons. The van der Waals surface area contributed by atoms with Crippen molar-refractivity contribution in [3.05, 3.63) is 29.6 Å². The maximum atomic E-state index is 9.09. The Morgan fingerprint density at radius 1 is 1.47 bits per heavy atom. The molecule has 3 rings (SSSR count). The smallest absolute Gasteiger partial charge is 0.113 e. The van der Waals surface area contributed by atoms with E-state index in [2.05, 4.69) is 29.5 Å². The van der Waals surface area contributed by atoms with Crippen LogP contribution in [-0.4, -0.2) is 9.55 Å². The van der Waals surface area contributed by atoms with Gasteiger partial charge in [0.1, 0.15) is 17.4 Å². The lowest BCUT2D eigenvalue weighted by Crippen LogP contribution is -1.99. The normalized spacial score (nSPS) is 21.4. The SMILES string of the molecule is Cn1c(C2CC2(C)C)nc2c(C#N)cccc21. The highest BCUT2D eigenvalue weighted by Crippen LogP contribution is 2.58. The van der Waals surface area contributed by atoms with Gasteiger partial charge in [-0.1, -0.05) is 19.9 Å². The van der Waals surface area contributed by atoms with Crippen LogP contribution in [0.25, 0.3) is 11.0 Å². The second-order valence-electron chi connectivity index (χ2n) is 5.56. The molecule has 1 aromatic carbocycles. The maximum Gasteiger partial charge on any atom is 0.113 e. The summed E-state index contributed by atoms with van der Waals surface area (Å²) in [4.78, 5) is 4.68. The molecule has 1 unspecified atom stereocenters. The number of nitriles is 1. The molecule has 1 atom stereocenters. The van der Waals surface area contributed by atoms with E-state index in [0.29, 0.717) is 16.9 Å². The first-order valence-electron chi connectivity index (χ1n) is 5.90. The van der Waals surface area contributed by atoms with Gasteiger partial charge in [-0.2, -0.15) is 5.26 Å². The summed E-state index contributed by atoms with van der Waals surface area (Å²) in [6, 6.07) is 8.00. The molecule has 17 heavy (non-hydrogen) atoms. The van der Waals surface area contributed by atoms with Gasteiger partial charge in [-0.15, -0.1) is 0 Å². The number of nitrogens with zero attached hydrogens (tertiary/aromatic N) is 3. The Kier molecular flexibility index (Phi) is 1.89. The number of para-hydroxylation sites is 1. The van der Waals surface area contributed by atoms with E-state index in [1.54, 1.807) is 0 Å². The van der Waals surface area contributed by atoms with Gasteiger partial charge in [0.05, 0.1) is 11.1 Å². The molecule has 0 bridgehead atoms. The molecule has 0 aliphatic heterocycles. The molecule has 2 aromatic rings. The number of hydrogen-bond acceptors (Lipinski definition) is 2. The molecule has 3 nitrogen and oxygen atoms in total. The first-order valence-corrected chi connectivity index (χ1v) is 5.90. The van der Waals surface area contributed by atoms with Gasteiger partial charge in [0.15, 0.2) is 0 Å². The van der Waals surface area contributed by atoms with Gasteiger partial charge in [0.2, 0.25) is 0 Å². The summed E-state index contributed by atoms with van der Waals surface area (Å²) in [5, 5.41) is 9.09. The minimum absolute atomic E-state index is 0.363. The third kappa shape index (κ3) is 1.37. The van der Waals surface area contributed by atoms with Gasteiger partial charge >= 0.3 is 0 Å². The number of imidazole rings is 1. The van der Waals surface area contributed by atoms with Crippen molar-refractivity contribution in [2.24, 2.45) is 12.5 Å². The summed E-state index contributed by atoms with van der Waals surface area (Å²) in [6.45, 7) is 4.53. The molecule has 0 radical (unpaired) electrons. The number of hydrogen-bond donors (Lipinski definition) is 0. The van der Waals surface area contributed by atoms with Crippen molar-refractivity contribution in [2.45, 2.75) is 26.2 Å². The molecule has 1 fully saturated rings. The molecule has 0 saturated heterocycles. The van der Waals surface area contributed by atoms with Gasteiger partial charge in [-0.25, -0.2) is 4.98 Å². The lowest BCUT2D eigenvalue weighted by Gasteiger charge is -2.03. The molecule has 0 N–H and O–H groups in total. The van der Waals surface area contributed by atoms with Gasteiger partial charge in [-0.05, 0) is 24.0 Å². The maximum absolute atomic E-state index is 9.09. The molecular formula is C14H15N3. The molecule has 1 aromatic heterocycles. The topological polar surface area (TPSA) is 41.6 Å². The molecule has 1 aliphatic rings. The Bertz CT molecular complexity index is 643. The van der Waals surface area contributed by atoms with Crippen molar-refractivity contribution in [1.29, 1.82) is 5.26 Å². The van der Waals surface area contributed by atoms with E-state index in [1.807, 2.05) is 25.2 Å². The van der Waals surface area contributed by atoms with Gasteiger partial charge in [0, 0.05) is 13.0 Å². The zero-order chi connectivity index (χ0) is 12.2. The van der Waals surface area contributed by atoms with Gasteiger partial charge < -0.3 is 4.57 Å². The summed E-state index contributed by atoms with van der Waals surface area (Å²) in [6.07, 6.45) is 1.19.